The van der Waals surface area contributed by atoms with Crippen molar-refractivity contribution >= 4 is 33.3 Å². The maximum atomic E-state index is 13.1. The van der Waals surface area contributed by atoms with Crippen molar-refractivity contribution in [3.8, 4) is 0 Å². The Bertz CT molecular complexity index is 1040. The number of nitrogens with zero attached hydrogens (tertiary/aromatic N) is 4. The van der Waals surface area contributed by atoms with Crippen molar-refractivity contribution in [3.05, 3.63) is 52.7 Å². The molecule has 7 heteroatoms. The summed E-state index contributed by atoms with van der Waals surface area (Å²) in [5.74, 6) is 0.959. The highest BCUT2D eigenvalue weighted by Gasteiger charge is 2.24. The van der Waals surface area contributed by atoms with E-state index in [1.54, 1.807) is 6.33 Å². The maximum absolute atomic E-state index is 13.1. The molecule has 2 aromatic heterocycles. The topological polar surface area (TPSA) is 61.4 Å². The van der Waals surface area contributed by atoms with Gasteiger partial charge in [0.2, 0.25) is 0 Å². The van der Waals surface area contributed by atoms with Crippen molar-refractivity contribution in [2.75, 3.05) is 37.6 Å². The molecule has 0 bridgehead atoms. The highest BCUT2D eigenvalue weighted by atomic mass is 32.1. The number of thiophene rings is 1. The summed E-state index contributed by atoms with van der Waals surface area (Å²) < 4.78 is 0. The van der Waals surface area contributed by atoms with Crippen LogP contribution in [0.4, 0.5) is 5.82 Å². The Morgan fingerprint density at radius 1 is 1.16 bits per heavy atom. The zero-order valence-corrected chi connectivity index (χ0v) is 20.1. The molecule has 1 amide bonds. The minimum Gasteiger partial charge on any atom is -0.353 e. The Labute approximate surface area is 194 Å². The van der Waals surface area contributed by atoms with Gasteiger partial charge in [-0.25, -0.2) is 9.97 Å². The molecule has 1 N–H and O–H groups in total. The van der Waals surface area contributed by atoms with Crippen LogP contribution < -0.4 is 10.2 Å². The van der Waals surface area contributed by atoms with Crippen LogP contribution in [0.5, 0.6) is 0 Å². The number of carbonyl (C=O) groups is 1. The zero-order chi connectivity index (χ0) is 22.5. The molecule has 0 radical (unpaired) electrons. The van der Waals surface area contributed by atoms with Crippen LogP contribution in [0.25, 0.3) is 10.2 Å². The van der Waals surface area contributed by atoms with Gasteiger partial charge in [-0.05, 0) is 50.8 Å². The first-order valence-electron chi connectivity index (χ1n) is 11.6. The molecule has 1 fully saturated rings. The third-order valence-corrected chi connectivity index (χ3v) is 7.41. The number of carbonyl (C=O) groups excluding carboxylic acids is 1. The minimum absolute atomic E-state index is 0.00947. The normalized spacial score (nSPS) is 15.8. The number of anilines is 1. The second-order valence-electron chi connectivity index (χ2n) is 8.66. The van der Waals surface area contributed by atoms with Crippen LogP contribution in [0.2, 0.25) is 0 Å². The summed E-state index contributed by atoms with van der Waals surface area (Å²) in [6, 6.07) is 10.5. The van der Waals surface area contributed by atoms with Gasteiger partial charge in [-0.1, -0.05) is 37.3 Å². The van der Waals surface area contributed by atoms with Gasteiger partial charge in [0.1, 0.15) is 17.0 Å². The third kappa shape index (κ3) is 5.10. The molecule has 6 nitrogen and oxygen atoms in total. The van der Waals surface area contributed by atoms with Crippen molar-refractivity contribution in [2.24, 2.45) is 0 Å². The van der Waals surface area contributed by atoms with E-state index >= 15 is 0 Å². The average molecular weight is 452 g/mol. The predicted molar refractivity (Wildman–Crippen MR) is 133 cm³/mol. The number of hydrogen-bond donors (Lipinski definition) is 1. The molecule has 0 unspecified atom stereocenters. The molecule has 1 aliphatic heterocycles. The SMILES string of the molecule is CCCN1CCN(c2ncnc3sc(C(=O)N[C@H](C)CCc4ccccc4)c(C)c23)CC1. The smallest absolute Gasteiger partial charge is 0.261 e. The lowest BCUT2D eigenvalue weighted by Crippen LogP contribution is -2.46. The summed E-state index contributed by atoms with van der Waals surface area (Å²) in [4.78, 5) is 28.7. The molecule has 1 aromatic carbocycles. The summed E-state index contributed by atoms with van der Waals surface area (Å²) in [5, 5.41) is 4.22. The van der Waals surface area contributed by atoms with E-state index in [9.17, 15) is 4.79 Å². The molecule has 32 heavy (non-hydrogen) atoms. The van der Waals surface area contributed by atoms with Crippen LogP contribution >= 0.6 is 11.3 Å². The highest BCUT2D eigenvalue weighted by molar-refractivity contribution is 7.20. The number of aromatic nitrogens is 2. The van der Waals surface area contributed by atoms with Crippen LogP contribution in [0.1, 0.15) is 47.5 Å². The van der Waals surface area contributed by atoms with Gasteiger partial charge < -0.3 is 10.2 Å². The first kappa shape index (κ1) is 22.7. The number of benzene rings is 1. The number of fused-ring (bicyclic) bond motifs is 1. The van der Waals surface area contributed by atoms with Crippen molar-refractivity contribution in [3.63, 3.8) is 0 Å². The molecule has 1 atom stereocenters. The van der Waals surface area contributed by atoms with Gasteiger partial charge in [0.25, 0.3) is 5.91 Å². The Morgan fingerprint density at radius 2 is 1.91 bits per heavy atom. The third-order valence-electron chi connectivity index (χ3n) is 6.21. The Morgan fingerprint density at radius 3 is 2.62 bits per heavy atom. The van der Waals surface area contributed by atoms with E-state index in [-0.39, 0.29) is 11.9 Å². The van der Waals surface area contributed by atoms with Crippen LogP contribution in [0, 0.1) is 6.92 Å². The van der Waals surface area contributed by atoms with E-state index in [4.69, 9.17) is 0 Å². The first-order valence-corrected chi connectivity index (χ1v) is 12.4. The van der Waals surface area contributed by atoms with Gasteiger partial charge in [-0.2, -0.15) is 0 Å². The molecule has 0 aliphatic carbocycles. The number of amides is 1. The van der Waals surface area contributed by atoms with E-state index in [2.05, 4.69) is 63.2 Å². The van der Waals surface area contributed by atoms with E-state index in [1.165, 1.54) is 23.3 Å². The van der Waals surface area contributed by atoms with Gasteiger partial charge in [-0.15, -0.1) is 11.3 Å². The highest BCUT2D eigenvalue weighted by Crippen LogP contribution is 2.35. The standard InChI is InChI=1S/C25H33N5OS/c1-4-12-29-13-15-30(16-14-29)23-21-19(3)22(32-25(21)27-17-26-23)24(31)28-18(2)10-11-20-8-6-5-7-9-20/h5-9,17-18H,4,10-16H2,1-3H3,(H,28,31)/t18-/m1/s1. The van der Waals surface area contributed by atoms with Crippen LogP contribution in [0.3, 0.4) is 0 Å². The van der Waals surface area contributed by atoms with Crippen LogP contribution in [-0.4, -0.2) is 59.5 Å². The van der Waals surface area contributed by atoms with E-state index < -0.39 is 0 Å². The van der Waals surface area contributed by atoms with Crippen molar-refractivity contribution < 1.29 is 4.79 Å². The van der Waals surface area contributed by atoms with Gasteiger partial charge in [0.05, 0.1) is 10.3 Å². The number of rotatable bonds is 8. The van der Waals surface area contributed by atoms with Gasteiger partial charge >= 0.3 is 0 Å². The molecule has 4 rings (SSSR count). The predicted octanol–water partition coefficient (Wildman–Crippen LogP) is 4.28. The van der Waals surface area contributed by atoms with Crippen molar-refractivity contribution in [1.82, 2.24) is 20.2 Å². The lowest BCUT2D eigenvalue weighted by Gasteiger charge is -2.35. The number of nitrogens with one attached hydrogen (secondary N) is 1. The molecular formula is C25H33N5OS. The van der Waals surface area contributed by atoms with Gasteiger partial charge in [0.15, 0.2) is 0 Å². The second kappa shape index (κ2) is 10.4. The number of piperazine rings is 1. The van der Waals surface area contributed by atoms with Crippen LogP contribution in [-0.2, 0) is 6.42 Å². The fourth-order valence-electron chi connectivity index (χ4n) is 4.40. The maximum Gasteiger partial charge on any atom is 0.261 e. The van der Waals surface area contributed by atoms with Gasteiger partial charge in [0, 0.05) is 32.2 Å². The Balaban J connectivity index is 1.46. The molecule has 0 saturated carbocycles. The lowest BCUT2D eigenvalue weighted by molar-refractivity contribution is 0.0942. The van der Waals surface area contributed by atoms with E-state index in [1.807, 2.05) is 13.0 Å². The molecule has 0 spiro atoms. The van der Waals surface area contributed by atoms with E-state index in [0.29, 0.717) is 0 Å². The fraction of sp³-hybridized carbons (Fsp3) is 0.480. The molecule has 1 aliphatic rings. The number of aryl methyl sites for hydroxylation is 2. The monoisotopic (exact) mass is 451 g/mol. The first-order chi connectivity index (χ1) is 15.6. The van der Waals surface area contributed by atoms with Crippen LogP contribution in [0.15, 0.2) is 36.7 Å². The Kier molecular flexibility index (Phi) is 7.37. The zero-order valence-electron chi connectivity index (χ0n) is 19.3. The van der Waals surface area contributed by atoms with Crippen molar-refractivity contribution in [1.29, 1.82) is 0 Å². The second-order valence-corrected chi connectivity index (χ2v) is 9.66. The Hall–Kier alpha value is -2.51. The van der Waals surface area contributed by atoms with E-state index in [0.717, 1.165) is 72.0 Å². The fourth-order valence-corrected chi connectivity index (χ4v) is 5.44. The average Bonchev–Trinajstić information content (AvgIpc) is 3.16. The lowest BCUT2D eigenvalue weighted by atomic mass is 10.1. The quantitative estimate of drug-likeness (QED) is 0.554. The minimum atomic E-state index is -0.00947. The molecule has 170 valence electrons. The summed E-state index contributed by atoms with van der Waals surface area (Å²) in [6.45, 7) is 11.5. The summed E-state index contributed by atoms with van der Waals surface area (Å²) in [6.07, 6.45) is 4.68. The molecule has 1 saturated heterocycles. The summed E-state index contributed by atoms with van der Waals surface area (Å²) in [7, 11) is 0. The molecule has 3 aromatic rings. The largest absolute Gasteiger partial charge is 0.353 e. The van der Waals surface area contributed by atoms with Crippen molar-refractivity contribution in [2.45, 2.75) is 46.1 Å². The molecular weight excluding hydrogens is 418 g/mol. The number of hydrogen-bond acceptors (Lipinski definition) is 6. The summed E-state index contributed by atoms with van der Waals surface area (Å²) in [5.41, 5.74) is 2.29. The van der Waals surface area contributed by atoms with Gasteiger partial charge in [-0.3, -0.25) is 9.69 Å². The summed E-state index contributed by atoms with van der Waals surface area (Å²) >= 11 is 1.48. The molecule has 3 heterocycles.